The van der Waals surface area contributed by atoms with E-state index in [-0.39, 0.29) is 49.8 Å². The highest BCUT2D eigenvalue weighted by atomic mass is 35.5. The van der Waals surface area contributed by atoms with Crippen molar-refractivity contribution in [3.63, 3.8) is 0 Å². The third kappa shape index (κ3) is 7.85. The third-order valence-electron chi connectivity index (χ3n) is 5.53. The fraction of sp³-hybridized carbons (Fsp3) is 0.222. The van der Waals surface area contributed by atoms with Crippen LogP contribution in [0.15, 0.2) is 54.6 Å². The van der Waals surface area contributed by atoms with Gasteiger partial charge in [-0.1, -0.05) is 76.7 Å². The molecule has 1 atom stereocenters. The van der Waals surface area contributed by atoms with Crippen LogP contribution in [-0.2, 0) is 17.6 Å². The van der Waals surface area contributed by atoms with E-state index in [2.05, 4.69) is 5.32 Å². The van der Waals surface area contributed by atoms with Gasteiger partial charge in [-0.3, -0.25) is 9.59 Å². The molecule has 0 heterocycles. The number of hydrogen-bond donors (Lipinski definition) is 3. The minimum atomic E-state index is -1.26. The average Bonchev–Trinajstić information content (AvgIpc) is 2.84. The lowest BCUT2D eigenvalue weighted by Crippen LogP contribution is -2.42. The second kappa shape index (κ2) is 13.8. The summed E-state index contributed by atoms with van der Waals surface area (Å²) >= 11 is 24.7. The van der Waals surface area contributed by atoms with Gasteiger partial charge in [-0.25, -0.2) is 4.79 Å². The number of nitrogens with one attached hydrogen (secondary N) is 1. The Morgan fingerprint density at radius 3 is 2.00 bits per heavy atom. The van der Waals surface area contributed by atoms with Crippen molar-refractivity contribution in [2.45, 2.75) is 25.3 Å². The Labute approximate surface area is 239 Å². The number of rotatable bonds is 12. The summed E-state index contributed by atoms with van der Waals surface area (Å²) in [5, 5.41) is 12.8. The lowest BCUT2D eigenvalue weighted by molar-refractivity contribution is -0.139. The number of ether oxygens (including phenoxy) is 1. The Morgan fingerprint density at radius 1 is 0.868 bits per heavy atom. The molecule has 3 aromatic carbocycles. The second-order valence-electron chi connectivity index (χ2n) is 8.33. The Hall–Kier alpha value is -2.81. The first-order chi connectivity index (χ1) is 18.1. The lowest BCUT2D eigenvalue weighted by Gasteiger charge is -2.17. The van der Waals surface area contributed by atoms with Gasteiger partial charge < -0.3 is 20.9 Å². The molecule has 1 amide bonds. The smallest absolute Gasteiger partial charge is 0.326 e. The van der Waals surface area contributed by atoms with Crippen molar-refractivity contribution in [2.75, 3.05) is 13.2 Å². The summed E-state index contributed by atoms with van der Waals surface area (Å²) in [4.78, 5) is 37.4. The van der Waals surface area contributed by atoms with Crippen molar-refractivity contribution < 1.29 is 24.2 Å². The molecule has 0 saturated carbocycles. The highest BCUT2D eigenvalue weighted by molar-refractivity contribution is 6.40. The molecule has 7 nitrogen and oxygen atoms in total. The second-order valence-corrected chi connectivity index (χ2v) is 9.96. The Morgan fingerprint density at radius 2 is 1.45 bits per heavy atom. The standard InChI is InChI=1S/C27H24Cl4N2O5/c28-18-3-1-4-19(29)24(18)23(34)12-16-7-5-15(6-8-16)11-22(27(36)37)33-26(35)25-20(30)13-17(14-21(25)31)38-10-2-9-32/h1,3-8,13-14,22H,2,9-12,32H2,(H,33,35)(H,36,37)/t22-/m0/s1. The van der Waals surface area contributed by atoms with Gasteiger partial charge in [-0.2, -0.15) is 0 Å². The molecule has 0 aliphatic rings. The van der Waals surface area contributed by atoms with Crippen LogP contribution in [0.1, 0.15) is 38.3 Å². The maximum Gasteiger partial charge on any atom is 0.326 e. The summed E-state index contributed by atoms with van der Waals surface area (Å²) < 4.78 is 5.50. The van der Waals surface area contributed by atoms with Gasteiger partial charge in [-0.05, 0) is 48.4 Å². The van der Waals surface area contributed by atoms with Crippen LogP contribution in [0.3, 0.4) is 0 Å². The van der Waals surface area contributed by atoms with Crippen LogP contribution >= 0.6 is 46.4 Å². The molecule has 4 N–H and O–H groups in total. The van der Waals surface area contributed by atoms with Crippen LogP contribution < -0.4 is 15.8 Å². The summed E-state index contributed by atoms with van der Waals surface area (Å²) in [6.07, 6.45) is 0.678. The minimum absolute atomic E-state index is 0.0127. The molecule has 200 valence electrons. The van der Waals surface area contributed by atoms with Crippen molar-refractivity contribution in [1.82, 2.24) is 5.32 Å². The van der Waals surface area contributed by atoms with E-state index in [1.165, 1.54) is 12.1 Å². The molecule has 0 aliphatic heterocycles. The Kier molecular flexibility index (Phi) is 10.8. The minimum Gasteiger partial charge on any atom is -0.493 e. The van der Waals surface area contributed by atoms with E-state index in [0.29, 0.717) is 36.4 Å². The van der Waals surface area contributed by atoms with Crippen LogP contribution in [0.2, 0.25) is 20.1 Å². The number of ketones is 1. The number of carbonyl (C=O) groups is 3. The van der Waals surface area contributed by atoms with E-state index in [0.717, 1.165) is 0 Å². The molecule has 0 aliphatic carbocycles. The predicted molar refractivity (Wildman–Crippen MR) is 149 cm³/mol. The first kappa shape index (κ1) is 29.7. The van der Waals surface area contributed by atoms with E-state index < -0.39 is 17.9 Å². The largest absolute Gasteiger partial charge is 0.493 e. The van der Waals surface area contributed by atoms with Gasteiger partial charge >= 0.3 is 5.97 Å². The average molecular weight is 598 g/mol. The zero-order valence-corrected chi connectivity index (χ0v) is 23.0. The van der Waals surface area contributed by atoms with Gasteiger partial charge in [0, 0.05) is 12.8 Å². The van der Waals surface area contributed by atoms with Gasteiger partial charge in [0.15, 0.2) is 5.78 Å². The first-order valence-electron chi connectivity index (χ1n) is 11.5. The number of amides is 1. The van der Waals surface area contributed by atoms with Gasteiger partial charge in [0.1, 0.15) is 11.8 Å². The Balaban J connectivity index is 1.68. The summed E-state index contributed by atoms with van der Waals surface area (Å²) in [5.41, 5.74) is 6.96. The molecular weight excluding hydrogens is 574 g/mol. The van der Waals surface area contributed by atoms with Gasteiger partial charge in [0.05, 0.1) is 37.8 Å². The van der Waals surface area contributed by atoms with Crippen molar-refractivity contribution in [3.8, 4) is 5.75 Å². The van der Waals surface area contributed by atoms with Crippen LogP contribution in [0.4, 0.5) is 0 Å². The fourth-order valence-electron chi connectivity index (χ4n) is 3.62. The Bertz CT molecular complexity index is 1290. The zero-order chi connectivity index (χ0) is 27.8. The molecule has 0 radical (unpaired) electrons. The van der Waals surface area contributed by atoms with Crippen molar-refractivity contribution in [3.05, 3.63) is 96.9 Å². The number of carboxylic acid groups (broad SMARTS) is 1. The van der Waals surface area contributed by atoms with Crippen LogP contribution in [-0.4, -0.2) is 42.0 Å². The quantitative estimate of drug-likeness (QED) is 0.177. The molecule has 38 heavy (non-hydrogen) atoms. The third-order valence-corrected chi connectivity index (χ3v) is 6.76. The molecule has 3 aromatic rings. The number of benzene rings is 3. The van der Waals surface area contributed by atoms with E-state index in [1.807, 2.05) is 0 Å². The molecule has 0 spiro atoms. The molecule has 0 unspecified atom stereocenters. The van der Waals surface area contributed by atoms with Gasteiger partial charge in [0.25, 0.3) is 5.91 Å². The molecule has 0 bridgehead atoms. The summed E-state index contributed by atoms with van der Waals surface area (Å²) in [7, 11) is 0. The summed E-state index contributed by atoms with van der Waals surface area (Å²) in [6, 6.07) is 13.2. The van der Waals surface area contributed by atoms with Gasteiger partial charge in [-0.15, -0.1) is 0 Å². The highest BCUT2D eigenvalue weighted by Crippen LogP contribution is 2.31. The van der Waals surface area contributed by atoms with Crippen molar-refractivity contribution in [2.24, 2.45) is 5.73 Å². The number of nitrogens with two attached hydrogens (primary N) is 1. The normalized spacial score (nSPS) is 11.6. The van der Waals surface area contributed by atoms with Crippen LogP contribution in [0.25, 0.3) is 0 Å². The maximum atomic E-state index is 12.9. The SMILES string of the molecule is NCCCOc1cc(Cl)c(C(=O)N[C@@H](Cc2ccc(CC(=O)c3c(Cl)cccc3Cl)cc2)C(=O)O)c(Cl)c1. The van der Waals surface area contributed by atoms with Gasteiger partial charge in [0.2, 0.25) is 0 Å². The maximum absolute atomic E-state index is 12.9. The van der Waals surface area contributed by atoms with Crippen LogP contribution in [0, 0.1) is 0 Å². The summed E-state index contributed by atoms with van der Waals surface area (Å²) in [6.45, 7) is 0.813. The molecule has 0 aromatic heterocycles. The topological polar surface area (TPSA) is 119 Å². The number of aliphatic carboxylic acids is 1. The van der Waals surface area contributed by atoms with Crippen LogP contribution in [0.5, 0.6) is 5.75 Å². The lowest BCUT2D eigenvalue weighted by atomic mass is 9.99. The van der Waals surface area contributed by atoms with E-state index in [9.17, 15) is 19.5 Å². The fourth-order valence-corrected chi connectivity index (χ4v) is 4.87. The number of carboxylic acids is 1. The monoisotopic (exact) mass is 596 g/mol. The van der Waals surface area contributed by atoms with Crippen molar-refractivity contribution >= 4 is 64.1 Å². The molecule has 0 saturated heterocycles. The molecule has 0 fully saturated rings. The predicted octanol–water partition coefficient (Wildman–Crippen LogP) is 5.88. The number of halogens is 4. The molecule has 3 rings (SSSR count). The highest BCUT2D eigenvalue weighted by Gasteiger charge is 2.25. The first-order valence-corrected chi connectivity index (χ1v) is 13.0. The number of Topliss-reactive ketones (excluding diaryl/α,β-unsaturated/α-hetero) is 1. The molecular formula is C27H24Cl4N2O5. The van der Waals surface area contributed by atoms with E-state index in [4.69, 9.17) is 56.9 Å². The summed E-state index contributed by atoms with van der Waals surface area (Å²) in [5.74, 6) is -1.84. The van der Waals surface area contributed by atoms with E-state index >= 15 is 0 Å². The van der Waals surface area contributed by atoms with Crippen molar-refractivity contribution in [1.29, 1.82) is 0 Å². The molecule has 11 heteroatoms. The number of carbonyl (C=O) groups excluding carboxylic acids is 2. The number of hydrogen-bond acceptors (Lipinski definition) is 5. The van der Waals surface area contributed by atoms with E-state index in [1.54, 1.807) is 42.5 Å². The zero-order valence-electron chi connectivity index (χ0n) is 20.0.